The number of halogens is 10. The monoisotopic (exact) mass is 682 g/mol. The van der Waals surface area contributed by atoms with Gasteiger partial charge in [-0.1, -0.05) is 24.3 Å². The number of hydrogen-bond acceptors (Lipinski definition) is 2. The van der Waals surface area contributed by atoms with E-state index in [2.05, 4.69) is 16.1 Å². The summed E-state index contributed by atoms with van der Waals surface area (Å²) in [5.74, 6) is -8.15. The summed E-state index contributed by atoms with van der Waals surface area (Å²) in [7, 11) is 0. The first-order valence-electron chi connectivity index (χ1n) is 15.0. The molecule has 1 saturated carbocycles. The molecule has 0 radical (unpaired) electrons. The van der Waals surface area contributed by atoms with Crippen LogP contribution in [-0.2, 0) is 6.11 Å². The molecule has 0 unspecified atom stereocenters. The normalized spacial score (nSPS) is 16.9. The highest BCUT2D eigenvalue weighted by Gasteiger charge is 2.42. The van der Waals surface area contributed by atoms with Crippen molar-refractivity contribution in [2.75, 3.05) is 0 Å². The molecule has 0 aliphatic heterocycles. The summed E-state index contributed by atoms with van der Waals surface area (Å²) in [6.45, 7) is 3.71. The molecule has 1 aliphatic rings. The summed E-state index contributed by atoms with van der Waals surface area (Å²) in [5.41, 5.74) is -2.07. The van der Waals surface area contributed by atoms with Crippen LogP contribution in [0.5, 0.6) is 11.5 Å². The van der Waals surface area contributed by atoms with Crippen LogP contribution in [0.1, 0.15) is 55.6 Å². The molecule has 4 aromatic carbocycles. The average molecular weight is 683 g/mol. The molecule has 0 heterocycles. The lowest BCUT2D eigenvalue weighted by atomic mass is 9.77. The minimum absolute atomic E-state index is 0.0769. The smallest absolute Gasteiger partial charge is 0.429 e. The summed E-state index contributed by atoms with van der Waals surface area (Å²) in [6.07, 6.45) is -2.96. The molecule has 0 saturated heterocycles. The average Bonchev–Trinajstić information content (AvgIpc) is 3.00. The molecule has 0 amide bonds. The highest BCUT2D eigenvalue weighted by molar-refractivity contribution is 5.72. The van der Waals surface area contributed by atoms with Crippen LogP contribution in [0.2, 0.25) is 0 Å². The second-order valence-corrected chi connectivity index (χ2v) is 11.6. The molecule has 0 N–H and O–H groups in total. The van der Waals surface area contributed by atoms with Gasteiger partial charge in [0, 0.05) is 17.2 Å². The third kappa shape index (κ3) is 7.96. The van der Waals surface area contributed by atoms with Crippen molar-refractivity contribution in [3.63, 3.8) is 0 Å². The second-order valence-electron chi connectivity index (χ2n) is 11.6. The van der Waals surface area contributed by atoms with E-state index in [1.54, 1.807) is 0 Å². The van der Waals surface area contributed by atoms with E-state index in [4.69, 9.17) is 0 Å². The molecule has 4 aromatic rings. The van der Waals surface area contributed by atoms with Gasteiger partial charge in [0.25, 0.3) is 0 Å². The Hall–Kier alpha value is -4.48. The van der Waals surface area contributed by atoms with Crippen molar-refractivity contribution >= 4 is 0 Å². The highest BCUT2D eigenvalue weighted by atomic mass is 19.4. The molecule has 5 rings (SSSR count). The first-order valence-corrected chi connectivity index (χ1v) is 15.0. The zero-order chi connectivity index (χ0) is 34.8. The molecule has 0 atom stereocenters. The van der Waals surface area contributed by atoms with Gasteiger partial charge in [0.15, 0.2) is 11.6 Å². The van der Waals surface area contributed by atoms with E-state index in [0.29, 0.717) is 37.0 Å². The Kier molecular flexibility index (Phi) is 10.1. The molecular weight excluding hydrogens is 654 g/mol. The van der Waals surface area contributed by atoms with Gasteiger partial charge < -0.3 is 9.47 Å². The lowest BCUT2D eigenvalue weighted by Gasteiger charge is -2.29. The predicted octanol–water partition coefficient (Wildman–Crippen LogP) is 12.0. The van der Waals surface area contributed by atoms with Gasteiger partial charge >= 0.3 is 12.5 Å². The van der Waals surface area contributed by atoms with Crippen molar-refractivity contribution in [1.29, 1.82) is 0 Å². The quantitative estimate of drug-likeness (QED) is 0.122. The first-order chi connectivity index (χ1) is 22.6. The molecule has 1 aliphatic carbocycles. The molecular formula is C36H28F10O2. The maximum atomic E-state index is 15.1. The largest absolute Gasteiger partial charge is 0.573 e. The molecule has 254 valence electrons. The summed E-state index contributed by atoms with van der Waals surface area (Å²) < 4.78 is 150. The topological polar surface area (TPSA) is 18.5 Å². The van der Waals surface area contributed by atoms with Crippen LogP contribution in [-0.4, -0.2) is 6.36 Å². The Labute approximate surface area is 269 Å². The van der Waals surface area contributed by atoms with Crippen molar-refractivity contribution in [1.82, 2.24) is 0 Å². The Morgan fingerprint density at radius 3 is 1.75 bits per heavy atom. The van der Waals surface area contributed by atoms with E-state index in [0.717, 1.165) is 68.1 Å². The fraction of sp³-hybridized carbons (Fsp3) is 0.278. The minimum atomic E-state index is -5.14. The van der Waals surface area contributed by atoms with Gasteiger partial charge in [-0.05, 0) is 110 Å². The van der Waals surface area contributed by atoms with Crippen LogP contribution < -0.4 is 9.47 Å². The number of benzene rings is 4. The third-order valence-corrected chi connectivity index (χ3v) is 8.39. The van der Waals surface area contributed by atoms with Crippen molar-refractivity contribution in [3.05, 3.63) is 120 Å². The van der Waals surface area contributed by atoms with Crippen LogP contribution in [0, 0.1) is 35.0 Å². The van der Waals surface area contributed by atoms with Gasteiger partial charge in [-0.15, -0.1) is 19.8 Å². The van der Waals surface area contributed by atoms with Gasteiger partial charge in [-0.3, -0.25) is 0 Å². The van der Waals surface area contributed by atoms with Gasteiger partial charge in [0.1, 0.15) is 34.6 Å². The zero-order valence-electron chi connectivity index (χ0n) is 25.1. The van der Waals surface area contributed by atoms with Crippen molar-refractivity contribution < 1.29 is 53.4 Å². The Balaban J connectivity index is 1.30. The second kappa shape index (κ2) is 13.9. The Morgan fingerprint density at radius 2 is 1.21 bits per heavy atom. The van der Waals surface area contributed by atoms with Gasteiger partial charge in [0.05, 0.1) is 0 Å². The molecule has 12 heteroatoms. The van der Waals surface area contributed by atoms with E-state index >= 15 is 13.2 Å². The number of alkyl halides is 5. The van der Waals surface area contributed by atoms with Gasteiger partial charge in [-0.25, -0.2) is 22.0 Å². The predicted molar refractivity (Wildman–Crippen MR) is 159 cm³/mol. The number of allylic oxidation sites excluding steroid dienone is 1. The standard InChI is InChI=1S/C36H28F10O2/c1-2-3-4-20-5-7-21(8-6-20)24-17-31(40)34(32(41)18-24)35(42,43)47-25-11-13-27(29(38)19-25)22-9-12-26(28(37)15-22)23-10-14-33(30(39)16-23)48-36(44,45)46/h2,9-21H,1,3-8H2. The maximum Gasteiger partial charge on any atom is 0.573 e. The highest BCUT2D eigenvalue weighted by Crippen LogP contribution is 2.42. The van der Waals surface area contributed by atoms with Gasteiger partial charge in [0.2, 0.25) is 0 Å². The lowest BCUT2D eigenvalue weighted by Crippen LogP contribution is -2.25. The number of hydrogen-bond donors (Lipinski definition) is 0. The van der Waals surface area contributed by atoms with E-state index in [1.807, 2.05) is 6.08 Å². The molecule has 48 heavy (non-hydrogen) atoms. The number of ether oxygens (including phenoxy) is 2. The summed E-state index contributed by atoms with van der Waals surface area (Å²) >= 11 is 0. The number of rotatable bonds is 10. The van der Waals surface area contributed by atoms with Crippen LogP contribution in [0.25, 0.3) is 22.3 Å². The van der Waals surface area contributed by atoms with Gasteiger partial charge in [-0.2, -0.15) is 8.78 Å². The maximum absolute atomic E-state index is 15.1. The van der Waals surface area contributed by atoms with E-state index in [9.17, 15) is 30.7 Å². The molecule has 0 aromatic heterocycles. The Morgan fingerprint density at radius 1 is 0.646 bits per heavy atom. The van der Waals surface area contributed by atoms with Crippen LogP contribution >= 0.6 is 0 Å². The van der Waals surface area contributed by atoms with Crippen LogP contribution in [0.15, 0.2) is 79.4 Å². The Bertz CT molecular complexity index is 1770. The van der Waals surface area contributed by atoms with Crippen molar-refractivity contribution in [2.24, 2.45) is 5.92 Å². The van der Waals surface area contributed by atoms with Crippen LogP contribution in [0.4, 0.5) is 43.9 Å². The van der Waals surface area contributed by atoms with Crippen LogP contribution in [0.3, 0.4) is 0 Å². The fourth-order valence-electron chi connectivity index (χ4n) is 6.03. The minimum Gasteiger partial charge on any atom is -0.429 e. The van der Waals surface area contributed by atoms with Crippen molar-refractivity contribution in [2.45, 2.75) is 56.9 Å². The molecule has 1 fully saturated rings. The fourth-order valence-corrected chi connectivity index (χ4v) is 6.03. The SMILES string of the molecule is C=CCCC1CCC(c2cc(F)c(C(F)(F)Oc3ccc(-c4ccc(-c5ccc(OC(F)(F)F)c(F)c5)c(F)c4)c(F)c3)c(F)c2)CC1. The zero-order valence-corrected chi connectivity index (χ0v) is 25.1. The molecule has 0 bridgehead atoms. The van der Waals surface area contributed by atoms with E-state index < -0.39 is 58.6 Å². The summed E-state index contributed by atoms with van der Waals surface area (Å²) in [6, 6.07) is 9.66. The summed E-state index contributed by atoms with van der Waals surface area (Å²) in [5, 5.41) is 0. The lowest BCUT2D eigenvalue weighted by molar-refractivity contribution is -0.275. The summed E-state index contributed by atoms with van der Waals surface area (Å²) in [4.78, 5) is 0. The third-order valence-electron chi connectivity index (χ3n) is 8.39. The molecule has 0 spiro atoms. The van der Waals surface area contributed by atoms with E-state index in [-0.39, 0.29) is 33.7 Å². The first kappa shape index (κ1) is 34.8. The molecule has 2 nitrogen and oxygen atoms in total. The van der Waals surface area contributed by atoms with Crippen molar-refractivity contribution in [3.8, 4) is 33.8 Å². The van der Waals surface area contributed by atoms with E-state index in [1.165, 1.54) is 6.07 Å².